The molecule has 0 amide bonds. The van der Waals surface area contributed by atoms with Gasteiger partial charge in [0.05, 0.1) is 22.9 Å². The highest BCUT2D eigenvalue weighted by Gasteiger charge is 2.43. The number of hydrogen-bond acceptors (Lipinski definition) is 6. The number of rotatable bonds is 3. The van der Waals surface area contributed by atoms with Crippen molar-refractivity contribution in [2.75, 3.05) is 11.9 Å². The third kappa shape index (κ3) is 2.93. The molecule has 3 aromatic carbocycles. The van der Waals surface area contributed by atoms with Gasteiger partial charge >= 0.3 is 0 Å². The molecule has 6 heteroatoms. The van der Waals surface area contributed by atoms with Gasteiger partial charge in [-0.2, -0.15) is 0 Å². The van der Waals surface area contributed by atoms with E-state index in [2.05, 4.69) is 17.9 Å². The van der Waals surface area contributed by atoms with E-state index in [0.29, 0.717) is 41.0 Å². The third-order valence-corrected chi connectivity index (χ3v) is 6.98. The SMILES string of the molecule is CCO[C@@H]1C[C@](C)([C@@H](O)S)Nc2c1ccc1c2C(=O)c2ccc3ccccc3c2C1=O. The second-order valence-electron chi connectivity index (χ2n) is 8.38. The van der Waals surface area contributed by atoms with E-state index in [4.69, 9.17) is 4.74 Å². The lowest BCUT2D eigenvalue weighted by Crippen LogP contribution is -2.49. The Kier molecular flexibility index (Phi) is 4.70. The first kappa shape index (κ1) is 20.2. The maximum atomic E-state index is 13.7. The maximum Gasteiger partial charge on any atom is 0.196 e. The van der Waals surface area contributed by atoms with Crippen LogP contribution in [-0.4, -0.2) is 34.3 Å². The molecule has 1 aliphatic carbocycles. The topological polar surface area (TPSA) is 75.6 Å². The number of ketones is 2. The molecule has 2 N–H and O–H groups in total. The van der Waals surface area contributed by atoms with E-state index in [0.717, 1.165) is 16.3 Å². The Morgan fingerprint density at radius 1 is 1.10 bits per heavy atom. The molecule has 0 fully saturated rings. The number of hydrogen-bond donors (Lipinski definition) is 3. The highest BCUT2D eigenvalue weighted by molar-refractivity contribution is 7.80. The molecule has 158 valence electrons. The summed E-state index contributed by atoms with van der Waals surface area (Å²) < 4.78 is 5.95. The molecule has 0 spiro atoms. The van der Waals surface area contributed by atoms with Gasteiger partial charge in [0.25, 0.3) is 0 Å². The molecule has 3 aromatic rings. The minimum Gasteiger partial charge on any atom is -0.380 e. The van der Waals surface area contributed by atoms with Crippen molar-refractivity contribution in [2.24, 2.45) is 0 Å². The van der Waals surface area contributed by atoms with Crippen LogP contribution in [-0.2, 0) is 4.74 Å². The zero-order chi connectivity index (χ0) is 21.9. The van der Waals surface area contributed by atoms with Gasteiger partial charge in [-0.25, -0.2) is 0 Å². The molecular formula is C25H23NO4S. The van der Waals surface area contributed by atoms with Crippen LogP contribution in [0, 0.1) is 0 Å². The fourth-order valence-corrected chi connectivity index (χ4v) is 4.94. The van der Waals surface area contributed by atoms with Gasteiger partial charge in [0, 0.05) is 35.3 Å². The van der Waals surface area contributed by atoms with Crippen LogP contribution in [0.3, 0.4) is 0 Å². The molecule has 0 unspecified atom stereocenters. The standard InChI is InChI=1S/C25H23NO4S/c1-3-30-18-12-25(2,24(29)31)26-21-15(18)10-11-17-20(21)23(28)16-9-8-13-6-4-5-7-14(13)19(16)22(17)27/h4-11,18,24,26,29,31H,3,12H2,1-2H3/t18-,24+,25-/m1/s1. The number of fused-ring (bicyclic) bond motifs is 6. The Morgan fingerprint density at radius 3 is 2.52 bits per heavy atom. The van der Waals surface area contributed by atoms with Crippen molar-refractivity contribution in [1.82, 2.24) is 0 Å². The summed E-state index contributed by atoms with van der Waals surface area (Å²) in [7, 11) is 0. The van der Waals surface area contributed by atoms with Crippen LogP contribution in [0.2, 0.25) is 0 Å². The average molecular weight is 434 g/mol. The van der Waals surface area contributed by atoms with Crippen molar-refractivity contribution in [3.8, 4) is 0 Å². The fraction of sp³-hybridized carbons (Fsp3) is 0.280. The highest BCUT2D eigenvalue weighted by atomic mass is 32.1. The molecular weight excluding hydrogens is 410 g/mol. The molecule has 0 aromatic heterocycles. The van der Waals surface area contributed by atoms with E-state index < -0.39 is 11.0 Å². The summed E-state index contributed by atoms with van der Waals surface area (Å²) in [4.78, 5) is 27.3. The van der Waals surface area contributed by atoms with Crippen LogP contribution in [0.15, 0.2) is 48.5 Å². The van der Waals surface area contributed by atoms with E-state index in [1.807, 2.05) is 50.2 Å². The van der Waals surface area contributed by atoms with Gasteiger partial charge < -0.3 is 15.2 Å². The maximum absolute atomic E-state index is 13.7. The predicted molar refractivity (Wildman–Crippen MR) is 123 cm³/mol. The van der Waals surface area contributed by atoms with Crippen LogP contribution < -0.4 is 5.32 Å². The first-order valence-corrected chi connectivity index (χ1v) is 10.9. The minimum atomic E-state index is -0.981. The monoisotopic (exact) mass is 433 g/mol. The number of aliphatic hydroxyl groups is 1. The van der Waals surface area contributed by atoms with Gasteiger partial charge in [-0.1, -0.05) is 36.4 Å². The summed E-state index contributed by atoms with van der Waals surface area (Å²) >= 11 is 4.26. The molecule has 0 saturated heterocycles. The molecule has 1 heterocycles. The first-order chi connectivity index (χ1) is 14.9. The van der Waals surface area contributed by atoms with Crippen LogP contribution >= 0.6 is 12.6 Å². The van der Waals surface area contributed by atoms with E-state index >= 15 is 0 Å². The summed E-state index contributed by atoms with van der Waals surface area (Å²) in [6.07, 6.45) is 0.167. The normalized spacial score (nSPS) is 23.0. The van der Waals surface area contributed by atoms with Crippen molar-refractivity contribution in [2.45, 2.75) is 37.3 Å². The molecule has 0 bridgehead atoms. The van der Waals surface area contributed by atoms with Crippen molar-refractivity contribution in [3.63, 3.8) is 0 Å². The predicted octanol–water partition coefficient (Wildman–Crippen LogP) is 4.52. The van der Waals surface area contributed by atoms with E-state index in [-0.39, 0.29) is 17.7 Å². The van der Waals surface area contributed by atoms with Crippen LogP contribution in [0.25, 0.3) is 10.8 Å². The Bertz CT molecular complexity index is 1250. The number of aliphatic hydroxyl groups excluding tert-OH is 1. The average Bonchev–Trinajstić information content (AvgIpc) is 2.76. The number of benzene rings is 3. The molecule has 2 aliphatic rings. The third-order valence-electron chi connectivity index (χ3n) is 6.41. The lowest BCUT2D eigenvalue weighted by Gasteiger charge is -2.43. The quantitative estimate of drug-likeness (QED) is 0.327. The number of carbonyl (C=O) groups excluding carboxylic acids is 2. The lowest BCUT2D eigenvalue weighted by atomic mass is 9.77. The van der Waals surface area contributed by atoms with E-state index in [9.17, 15) is 14.7 Å². The first-order valence-electron chi connectivity index (χ1n) is 10.4. The zero-order valence-corrected chi connectivity index (χ0v) is 18.2. The molecule has 5 rings (SSSR count). The summed E-state index contributed by atoms with van der Waals surface area (Å²) in [5.41, 5.74) is 1.13. The Balaban J connectivity index is 1.75. The zero-order valence-electron chi connectivity index (χ0n) is 17.3. The second kappa shape index (κ2) is 7.19. The van der Waals surface area contributed by atoms with Gasteiger partial charge in [-0.15, -0.1) is 12.6 Å². The van der Waals surface area contributed by atoms with E-state index in [1.165, 1.54) is 0 Å². The minimum absolute atomic E-state index is 0.169. The summed E-state index contributed by atoms with van der Waals surface area (Å²) in [6, 6.07) is 14.8. The van der Waals surface area contributed by atoms with Crippen molar-refractivity contribution in [1.29, 1.82) is 0 Å². The molecule has 5 nitrogen and oxygen atoms in total. The molecule has 0 radical (unpaired) electrons. The molecule has 3 atom stereocenters. The largest absolute Gasteiger partial charge is 0.380 e. The van der Waals surface area contributed by atoms with Gasteiger partial charge in [0.2, 0.25) is 0 Å². The Labute approximate surface area is 185 Å². The van der Waals surface area contributed by atoms with Crippen LogP contribution in [0.4, 0.5) is 5.69 Å². The van der Waals surface area contributed by atoms with Gasteiger partial charge in [-0.3, -0.25) is 9.59 Å². The number of carbonyl (C=O) groups is 2. The second-order valence-corrected chi connectivity index (χ2v) is 8.87. The summed E-state index contributed by atoms with van der Waals surface area (Å²) in [6.45, 7) is 4.24. The fourth-order valence-electron chi connectivity index (χ4n) is 4.77. The highest BCUT2D eigenvalue weighted by Crippen LogP contribution is 2.46. The lowest BCUT2D eigenvalue weighted by molar-refractivity contribution is 0.0262. The smallest absolute Gasteiger partial charge is 0.196 e. The van der Waals surface area contributed by atoms with Crippen molar-refractivity contribution >= 4 is 40.7 Å². The Morgan fingerprint density at radius 2 is 1.77 bits per heavy atom. The number of thiol groups is 1. The van der Waals surface area contributed by atoms with Gasteiger partial charge in [0.1, 0.15) is 5.44 Å². The van der Waals surface area contributed by atoms with Gasteiger partial charge in [0.15, 0.2) is 11.6 Å². The molecule has 31 heavy (non-hydrogen) atoms. The number of anilines is 1. The van der Waals surface area contributed by atoms with E-state index in [1.54, 1.807) is 12.1 Å². The van der Waals surface area contributed by atoms with Crippen molar-refractivity contribution < 1.29 is 19.4 Å². The summed E-state index contributed by atoms with van der Waals surface area (Å²) in [5.74, 6) is -0.370. The number of ether oxygens (including phenoxy) is 1. The Hall–Kier alpha value is -2.67. The molecule has 0 saturated carbocycles. The number of nitrogens with one attached hydrogen (secondary N) is 1. The molecule has 1 aliphatic heterocycles. The van der Waals surface area contributed by atoms with Crippen LogP contribution in [0.5, 0.6) is 0 Å². The van der Waals surface area contributed by atoms with Crippen molar-refractivity contribution in [3.05, 3.63) is 76.3 Å². The van der Waals surface area contributed by atoms with Gasteiger partial charge in [-0.05, 0) is 36.8 Å². The summed E-state index contributed by atoms with van der Waals surface area (Å²) in [5, 5.41) is 15.4. The van der Waals surface area contributed by atoms with Crippen LogP contribution in [0.1, 0.15) is 63.8 Å².